The number of amides is 3. The minimum absolute atomic E-state index is 0.000340. The van der Waals surface area contributed by atoms with E-state index in [4.69, 9.17) is 4.74 Å². The topological polar surface area (TPSA) is 96.9 Å². The summed E-state index contributed by atoms with van der Waals surface area (Å²) in [6.45, 7) is 2.33. The smallest absolute Gasteiger partial charge is 0.478 e. The molecule has 2 fully saturated rings. The van der Waals surface area contributed by atoms with Gasteiger partial charge in [0.25, 0.3) is 15.7 Å². The van der Waals surface area contributed by atoms with E-state index in [1.165, 1.54) is 11.1 Å². The summed E-state index contributed by atoms with van der Waals surface area (Å²) in [6, 6.07) is 6.23. The van der Waals surface area contributed by atoms with Crippen LogP contribution in [0.2, 0.25) is 0 Å². The molecule has 0 radical (unpaired) electrons. The minimum atomic E-state index is -5.53. The van der Waals surface area contributed by atoms with E-state index in [9.17, 15) is 31.2 Å². The highest BCUT2D eigenvalue weighted by Crippen LogP contribution is 2.49. The molecule has 1 saturated heterocycles. The molecule has 170 valence electrons. The number of alkyl halides is 3. The minimum Gasteiger partial charge on any atom is -0.478 e. The van der Waals surface area contributed by atoms with Crippen molar-refractivity contribution in [1.82, 2.24) is 9.88 Å². The lowest BCUT2D eigenvalue weighted by Gasteiger charge is -2.21. The summed E-state index contributed by atoms with van der Waals surface area (Å²) in [5.41, 5.74) is -5.76. The Morgan fingerprint density at radius 1 is 1.12 bits per heavy atom. The van der Waals surface area contributed by atoms with Gasteiger partial charge in [-0.05, 0) is 55.7 Å². The fraction of sp³-hybridized carbons (Fsp3) is 0.350. The van der Waals surface area contributed by atoms with E-state index in [1.807, 2.05) is 0 Å². The number of nitrogens with zero attached hydrogens (tertiary/aromatic N) is 3. The van der Waals surface area contributed by atoms with Crippen LogP contribution in [-0.2, 0) is 21.2 Å². The molecule has 3 amide bonds. The fourth-order valence-corrected chi connectivity index (χ4v) is 4.39. The first kappa shape index (κ1) is 22.1. The van der Waals surface area contributed by atoms with Gasteiger partial charge in [-0.3, -0.25) is 4.79 Å². The Hall–Kier alpha value is -3.15. The Kier molecular flexibility index (Phi) is 5.15. The molecule has 0 atom stereocenters. The van der Waals surface area contributed by atoms with E-state index in [1.54, 1.807) is 19.1 Å². The first-order valence-electron chi connectivity index (χ1n) is 9.66. The monoisotopic (exact) mass is 469 g/mol. The standard InChI is InChI=1S/C20H18F3N3O5S/c1-2-31-16-11-13(7-10-24-16)12-25-18(28)26(17(27)19(25)8-9-19)14-3-5-15(6-4-14)32(29,30)20(21,22)23/h3-7,10-11H,2,8-9,12H2,1H3. The van der Waals surface area contributed by atoms with Crippen molar-refractivity contribution in [1.29, 1.82) is 0 Å². The number of hydrogen-bond donors (Lipinski definition) is 0. The molecular formula is C20H18F3N3O5S. The Morgan fingerprint density at radius 2 is 1.78 bits per heavy atom. The number of rotatable bonds is 6. The van der Waals surface area contributed by atoms with Crippen LogP contribution in [0.25, 0.3) is 0 Å². The summed E-state index contributed by atoms with van der Waals surface area (Å²) in [4.78, 5) is 31.5. The normalized spacial score (nSPS) is 17.9. The molecule has 2 aliphatic rings. The highest BCUT2D eigenvalue weighted by molar-refractivity contribution is 7.92. The number of pyridine rings is 1. The first-order valence-corrected chi connectivity index (χ1v) is 11.1. The van der Waals surface area contributed by atoms with Crippen molar-refractivity contribution in [2.24, 2.45) is 0 Å². The van der Waals surface area contributed by atoms with Gasteiger partial charge in [-0.15, -0.1) is 0 Å². The molecule has 32 heavy (non-hydrogen) atoms. The van der Waals surface area contributed by atoms with Gasteiger partial charge < -0.3 is 9.64 Å². The van der Waals surface area contributed by atoms with Crippen LogP contribution in [-0.4, -0.2) is 47.9 Å². The van der Waals surface area contributed by atoms with Crippen molar-refractivity contribution in [3.8, 4) is 5.88 Å². The number of ether oxygens (including phenoxy) is 1. The zero-order valence-corrected chi connectivity index (χ0v) is 17.6. The average Bonchev–Trinajstić information content (AvgIpc) is 3.50. The summed E-state index contributed by atoms with van der Waals surface area (Å²) in [5, 5.41) is 0. The predicted molar refractivity (Wildman–Crippen MR) is 105 cm³/mol. The summed E-state index contributed by atoms with van der Waals surface area (Å²) < 4.78 is 66.8. The van der Waals surface area contributed by atoms with Crippen LogP contribution in [0.1, 0.15) is 25.3 Å². The second-order valence-corrected chi connectivity index (χ2v) is 9.36. The van der Waals surface area contributed by atoms with E-state index < -0.39 is 37.7 Å². The predicted octanol–water partition coefficient (Wildman–Crippen LogP) is 3.28. The molecule has 1 aromatic carbocycles. The van der Waals surface area contributed by atoms with Gasteiger partial charge >= 0.3 is 11.5 Å². The quantitative estimate of drug-likeness (QED) is 0.603. The Bertz CT molecular complexity index is 1180. The lowest BCUT2D eigenvalue weighted by Crippen LogP contribution is -2.36. The van der Waals surface area contributed by atoms with Crippen molar-refractivity contribution in [2.45, 2.75) is 42.3 Å². The molecular weight excluding hydrogens is 451 g/mol. The molecule has 1 aliphatic carbocycles. The van der Waals surface area contributed by atoms with Crippen LogP contribution >= 0.6 is 0 Å². The molecule has 8 nitrogen and oxygen atoms in total. The maximum atomic E-state index is 13.1. The molecule has 1 aliphatic heterocycles. The Morgan fingerprint density at radius 3 is 2.34 bits per heavy atom. The highest BCUT2D eigenvalue weighted by atomic mass is 32.2. The fourth-order valence-electron chi connectivity index (χ4n) is 3.63. The molecule has 0 bridgehead atoms. The van der Waals surface area contributed by atoms with Gasteiger partial charge in [-0.25, -0.2) is 23.1 Å². The van der Waals surface area contributed by atoms with Gasteiger partial charge in [0.15, 0.2) is 0 Å². The number of sulfone groups is 1. The second kappa shape index (κ2) is 7.47. The third-order valence-electron chi connectivity index (χ3n) is 5.41. The van der Waals surface area contributed by atoms with Crippen LogP contribution in [0.3, 0.4) is 0 Å². The maximum absolute atomic E-state index is 13.1. The largest absolute Gasteiger partial charge is 0.501 e. The number of carbonyl (C=O) groups is 2. The van der Waals surface area contributed by atoms with Crippen molar-refractivity contribution in [3.63, 3.8) is 0 Å². The van der Waals surface area contributed by atoms with Crippen LogP contribution < -0.4 is 9.64 Å². The number of benzene rings is 1. The second-order valence-electron chi connectivity index (χ2n) is 7.42. The van der Waals surface area contributed by atoms with Gasteiger partial charge in [0.1, 0.15) is 5.54 Å². The van der Waals surface area contributed by atoms with Crippen molar-refractivity contribution in [3.05, 3.63) is 48.2 Å². The molecule has 2 heterocycles. The number of urea groups is 1. The zero-order chi connectivity index (χ0) is 23.3. The third-order valence-corrected chi connectivity index (χ3v) is 6.91. The number of imide groups is 1. The Labute approximate surface area is 181 Å². The summed E-state index contributed by atoms with van der Waals surface area (Å²) in [7, 11) is -5.53. The van der Waals surface area contributed by atoms with E-state index in [0.717, 1.165) is 29.2 Å². The van der Waals surface area contributed by atoms with E-state index in [2.05, 4.69) is 4.98 Å². The number of halogens is 3. The molecule has 4 rings (SSSR count). The zero-order valence-electron chi connectivity index (χ0n) is 16.8. The number of hydrogen-bond acceptors (Lipinski definition) is 6. The van der Waals surface area contributed by atoms with Crippen LogP contribution in [0, 0.1) is 0 Å². The number of carbonyl (C=O) groups excluding carboxylic acids is 2. The SMILES string of the molecule is CCOc1cc(CN2C(=O)N(c3ccc(S(=O)(=O)C(F)(F)F)cc3)C(=O)C23CC3)ccn1. The first-order chi connectivity index (χ1) is 15.0. The van der Waals surface area contributed by atoms with Crippen LogP contribution in [0.4, 0.5) is 23.7 Å². The highest BCUT2D eigenvalue weighted by Gasteiger charge is 2.65. The summed E-state index contributed by atoms with van der Waals surface area (Å²) in [5.74, 6) is -0.112. The molecule has 12 heteroatoms. The van der Waals surface area contributed by atoms with Crippen molar-refractivity contribution in [2.75, 3.05) is 11.5 Å². The van der Waals surface area contributed by atoms with Crippen LogP contribution in [0.15, 0.2) is 47.5 Å². The van der Waals surface area contributed by atoms with Gasteiger partial charge in [0.05, 0.1) is 17.2 Å². The van der Waals surface area contributed by atoms with Crippen molar-refractivity contribution >= 4 is 27.5 Å². The van der Waals surface area contributed by atoms with E-state index in [-0.39, 0.29) is 12.2 Å². The lowest BCUT2D eigenvalue weighted by molar-refractivity contribution is -0.120. The van der Waals surface area contributed by atoms with Gasteiger partial charge in [0.2, 0.25) is 5.88 Å². The van der Waals surface area contributed by atoms with E-state index in [0.29, 0.717) is 30.9 Å². The molecule has 0 N–H and O–H groups in total. The van der Waals surface area contributed by atoms with Crippen molar-refractivity contribution < 1.29 is 35.9 Å². The average molecular weight is 469 g/mol. The third kappa shape index (κ3) is 3.48. The molecule has 1 saturated carbocycles. The molecule has 1 spiro atoms. The lowest BCUT2D eigenvalue weighted by atomic mass is 10.2. The molecule has 1 aromatic heterocycles. The van der Waals surface area contributed by atoms with Gasteiger partial charge in [-0.1, -0.05) is 0 Å². The van der Waals surface area contributed by atoms with Gasteiger partial charge in [-0.2, -0.15) is 13.2 Å². The van der Waals surface area contributed by atoms with E-state index >= 15 is 0 Å². The molecule has 0 unspecified atom stereocenters. The summed E-state index contributed by atoms with van der Waals surface area (Å²) in [6.07, 6.45) is 2.44. The van der Waals surface area contributed by atoms with Gasteiger partial charge in [0, 0.05) is 18.8 Å². The number of aromatic nitrogens is 1. The Balaban J connectivity index is 1.61. The van der Waals surface area contributed by atoms with Crippen LogP contribution in [0.5, 0.6) is 5.88 Å². The maximum Gasteiger partial charge on any atom is 0.501 e. The number of anilines is 1. The summed E-state index contributed by atoms with van der Waals surface area (Å²) >= 11 is 0. The molecule has 2 aromatic rings.